The SMILES string of the molecule is CC(C)N1CCN(CCCCn2sc(=O)n(Cc3ccccc3)c2=O)CC1. The van der Waals surface area contributed by atoms with Crippen LogP contribution in [0.5, 0.6) is 0 Å². The van der Waals surface area contributed by atoms with E-state index in [1.807, 2.05) is 30.3 Å². The lowest BCUT2D eigenvalue weighted by Gasteiger charge is -2.36. The van der Waals surface area contributed by atoms with Crippen molar-refractivity contribution in [3.05, 3.63) is 56.0 Å². The van der Waals surface area contributed by atoms with E-state index in [1.54, 1.807) is 3.96 Å². The summed E-state index contributed by atoms with van der Waals surface area (Å²) in [7, 11) is 0. The second kappa shape index (κ2) is 9.48. The van der Waals surface area contributed by atoms with E-state index in [1.165, 1.54) is 4.57 Å². The van der Waals surface area contributed by atoms with Gasteiger partial charge >= 0.3 is 10.6 Å². The van der Waals surface area contributed by atoms with Gasteiger partial charge in [0, 0.05) is 50.3 Å². The molecule has 1 aromatic heterocycles. The molecule has 0 amide bonds. The van der Waals surface area contributed by atoms with Crippen LogP contribution in [0.25, 0.3) is 0 Å². The minimum absolute atomic E-state index is 0.173. The Bertz CT molecular complexity index is 816. The fourth-order valence-electron chi connectivity index (χ4n) is 3.53. The van der Waals surface area contributed by atoms with Crippen LogP contribution in [0.15, 0.2) is 39.9 Å². The van der Waals surface area contributed by atoms with Gasteiger partial charge in [0.15, 0.2) is 0 Å². The largest absolute Gasteiger partial charge is 0.341 e. The van der Waals surface area contributed by atoms with Crippen molar-refractivity contribution < 1.29 is 0 Å². The summed E-state index contributed by atoms with van der Waals surface area (Å²) in [5.74, 6) is 0. The monoisotopic (exact) mass is 390 g/mol. The Labute approximate surface area is 164 Å². The molecule has 3 rings (SSSR count). The fourth-order valence-corrected chi connectivity index (χ4v) is 4.36. The Kier molecular flexibility index (Phi) is 7.04. The summed E-state index contributed by atoms with van der Waals surface area (Å²) in [5.41, 5.74) is 0.793. The highest BCUT2D eigenvalue weighted by molar-refractivity contribution is 7.03. The Hall–Kier alpha value is -1.70. The average Bonchev–Trinajstić information content (AvgIpc) is 2.94. The molecule has 27 heavy (non-hydrogen) atoms. The minimum Gasteiger partial charge on any atom is -0.301 e. The summed E-state index contributed by atoms with van der Waals surface area (Å²) >= 11 is 1.04. The topological polar surface area (TPSA) is 50.5 Å². The number of nitrogens with zero attached hydrogens (tertiary/aromatic N) is 4. The van der Waals surface area contributed by atoms with Crippen LogP contribution in [-0.4, -0.2) is 57.1 Å². The highest BCUT2D eigenvalue weighted by atomic mass is 32.1. The van der Waals surface area contributed by atoms with Gasteiger partial charge in [0.25, 0.3) is 0 Å². The highest BCUT2D eigenvalue weighted by Crippen LogP contribution is 2.07. The summed E-state index contributed by atoms with van der Waals surface area (Å²) in [6, 6.07) is 10.3. The molecule has 0 unspecified atom stereocenters. The molecule has 2 aromatic rings. The zero-order chi connectivity index (χ0) is 19.2. The molecule has 1 aliphatic rings. The fraction of sp³-hybridized carbons (Fsp3) is 0.600. The van der Waals surface area contributed by atoms with Gasteiger partial charge in [0.1, 0.15) is 0 Å². The summed E-state index contributed by atoms with van der Waals surface area (Å²) < 4.78 is 2.95. The standard InChI is InChI=1S/C20H30N4O2S/c1-17(2)22-14-12-21(13-15-22)10-6-7-11-24-19(25)23(20(26)27-24)16-18-8-4-3-5-9-18/h3-5,8-9,17H,6-7,10-16H2,1-2H3. The van der Waals surface area contributed by atoms with Crippen molar-refractivity contribution in [3.63, 3.8) is 0 Å². The van der Waals surface area contributed by atoms with Crippen LogP contribution < -0.4 is 10.6 Å². The van der Waals surface area contributed by atoms with Crippen LogP contribution in [-0.2, 0) is 13.1 Å². The van der Waals surface area contributed by atoms with Crippen molar-refractivity contribution in [2.45, 2.75) is 45.8 Å². The number of piperazine rings is 1. The van der Waals surface area contributed by atoms with Crippen LogP contribution in [0.1, 0.15) is 32.3 Å². The summed E-state index contributed by atoms with van der Waals surface area (Å²) in [4.78, 5) is 29.5. The molecule has 1 fully saturated rings. The molecule has 1 aliphatic heterocycles. The van der Waals surface area contributed by atoms with Gasteiger partial charge in [-0.2, -0.15) is 0 Å². The van der Waals surface area contributed by atoms with Gasteiger partial charge in [-0.05, 0) is 38.8 Å². The summed E-state index contributed by atoms with van der Waals surface area (Å²) in [6.45, 7) is 11.1. The lowest BCUT2D eigenvalue weighted by atomic mass is 10.2. The second-order valence-electron chi connectivity index (χ2n) is 7.49. The third kappa shape index (κ3) is 5.40. The molecule has 1 saturated heterocycles. The molecule has 0 radical (unpaired) electrons. The lowest BCUT2D eigenvalue weighted by Crippen LogP contribution is -2.48. The number of rotatable bonds is 8. The van der Waals surface area contributed by atoms with Crippen LogP contribution in [0.4, 0.5) is 0 Å². The van der Waals surface area contributed by atoms with Crippen LogP contribution in [0.3, 0.4) is 0 Å². The maximum Gasteiger partial charge on any atom is 0.341 e. The molecule has 0 spiro atoms. The molecule has 0 atom stereocenters. The third-order valence-electron chi connectivity index (χ3n) is 5.26. The molecule has 148 valence electrons. The van der Waals surface area contributed by atoms with Crippen molar-refractivity contribution in [2.75, 3.05) is 32.7 Å². The van der Waals surface area contributed by atoms with E-state index in [9.17, 15) is 9.59 Å². The Morgan fingerprint density at radius 1 is 0.963 bits per heavy atom. The van der Waals surface area contributed by atoms with Crippen molar-refractivity contribution >= 4 is 11.5 Å². The average molecular weight is 391 g/mol. The van der Waals surface area contributed by atoms with Gasteiger partial charge in [-0.15, -0.1) is 0 Å². The first kappa shape index (κ1) is 20.0. The lowest BCUT2D eigenvalue weighted by molar-refractivity contribution is 0.107. The second-order valence-corrected chi connectivity index (χ2v) is 8.46. The van der Waals surface area contributed by atoms with E-state index in [4.69, 9.17) is 0 Å². The smallest absolute Gasteiger partial charge is 0.301 e. The number of hydrogen-bond donors (Lipinski definition) is 0. The van der Waals surface area contributed by atoms with E-state index < -0.39 is 0 Å². The normalized spacial score (nSPS) is 16.3. The van der Waals surface area contributed by atoms with Crippen molar-refractivity contribution in [1.29, 1.82) is 0 Å². The highest BCUT2D eigenvalue weighted by Gasteiger charge is 2.18. The Morgan fingerprint density at radius 2 is 1.63 bits per heavy atom. The van der Waals surface area contributed by atoms with Crippen molar-refractivity contribution in [3.8, 4) is 0 Å². The molecule has 0 bridgehead atoms. The van der Waals surface area contributed by atoms with Crippen molar-refractivity contribution in [2.24, 2.45) is 0 Å². The summed E-state index contributed by atoms with van der Waals surface area (Å²) in [6.07, 6.45) is 1.98. The van der Waals surface area contributed by atoms with Crippen LogP contribution >= 0.6 is 11.5 Å². The number of hydrogen-bond acceptors (Lipinski definition) is 5. The van der Waals surface area contributed by atoms with E-state index >= 15 is 0 Å². The van der Waals surface area contributed by atoms with Gasteiger partial charge in [-0.3, -0.25) is 9.69 Å². The predicted octanol–water partition coefficient (Wildman–Crippen LogP) is 1.93. The zero-order valence-corrected chi connectivity index (χ0v) is 17.2. The molecular weight excluding hydrogens is 360 g/mol. The Morgan fingerprint density at radius 3 is 2.30 bits per heavy atom. The first-order chi connectivity index (χ1) is 13.0. The number of benzene rings is 1. The molecule has 0 saturated carbocycles. The summed E-state index contributed by atoms with van der Waals surface area (Å²) in [5, 5.41) is 0. The molecule has 7 heteroatoms. The maximum atomic E-state index is 12.5. The first-order valence-corrected chi connectivity index (χ1v) is 10.6. The molecule has 2 heterocycles. The third-order valence-corrected chi connectivity index (χ3v) is 6.19. The maximum absolute atomic E-state index is 12.5. The minimum atomic E-state index is -0.181. The molecule has 6 nitrogen and oxygen atoms in total. The van der Waals surface area contributed by atoms with Gasteiger partial charge in [0.2, 0.25) is 0 Å². The molecule has 1 aromatic carbocycles. The van der Waals surface area contributed by atoms with E-state index in [-0.39, 0.29) is 10.6 Å². The van der Waals surface area contributed by atoms with Crippen LogP contribution in [0, 0.1) is 0 Å². The Balaban J connectivity index is 1.46. The molecule has 0 N–H and O–H groups in total. The van der Waals surface area contributed by atoms with Crippen LogP contribution in [0.2, 0.25) is 0 Å². The predicted molar refractivity (Wildman–Crippen MR) is 111 cm³/mol. The first-order valence-electron chi connectivity index (χ1n) is 9.86. The van der Waals surface area contributed by atoms with Gasteiger partial charge < -0.3 is 4.90 Å². The van der Waals surface area contributed by atoms with Gasteiger partial charge in [-0.1, -0.05) is 30.3 Å². The van der Waals surface area contributed by atoms with Gasteiger partial charge in [0.05, 0.1) is 6.54 Å². The van der Waals surface area contributed by atoms with Crippen molar-refractivity contribution in [1.82, 2.24) is 18.3 Å². The zero-order valence-electron chi connectivity index (χ0n) is 16.3. The van der Waals surface area contributed by atoms with E-state index in [0.29, 0.717) is 19.1 Å². The van der Waals surface area contributed by atoms with E-state index in [0.717, 1.165) is 62.7 Å². The number of aryl methyl sites for hydroxylation is 1. The van der Waals surface area contributed by atoms with Gasteiger partial charge in [-0.25, -0.2) is 13.3 Å². The quantitative estimate of drug-likeness (QED) is 0.647. The number of aromatic nitrogens is 2. The van der Waals surface area contributed by atoms with E-state index in [2.05, 4.69) is 23.6 Å². The number of unbranched alkanes of at least 4 members (excludes halogenated alkanes) is 1. The molecule has 0 aliphatic carbocycles. The molecular formula is C20H30N4O2S.